The fourth-order valence-corrected chi connectivity index (χ4v) is 1.99. The van der Waals surface area contributed by atoms with Gasteiger partial charge < -0.3 is 5.32 Å². The normalized spacial score (nSPS) is 11.5. The third kappa shape index (κ3) is 5.78. The first-order valence-corrected chi connectivity index (χ1v) is 7.34. The molecule has 1 aromatic carbocycles. The molecular formula is C17H22N2O2. The van der Waals surface area contributed by atoms with E-state index in [0.717, 1.165) is 18.4 Å². The number of hydrogen-bond acceptors (Lipinski definition) is 3. The maximum atomic E-state index is 11.9. The van der Waals surface area contributed by atoms with E-state index in [4.69, 9.17) is 5.26 Å². The first kappa shape index (κ1) is 16.9. The van der Waals surface area contributed by atoms with Crippen LogP contribution in [0.3, 0.4) is 0 Å². The van der Waals surface area contributed by atoms with Crippen molar-refractivity contribution < 1.29 is 9.59 Å². The Labute approximate surface area is 126 Å². The minimum Gasteiger partial charge on any atom is -0.355 e. The summed E-state index contributed by atoms with van der Waals surface area (Å²) in [5, 5.41) is 11.6. The number of nitriles is 1. The molecule has 4 nitrogen and oxygen atoms in total. The molecule has 0 aliphatic carbocycles. The maximum absolute atomic E-state index is 11.9. The van der Waals surface area contributed by atoms with E-state index >= 15 is 0 Å². The van der Waals surface area contributed by atoms with Crippen molar-refractivity contribution in [3.05, 3.63) is 35.4 Å². The van der Waals surface area contributed by atoms with E-state index in [2.05, 4.69) is 5.32 Å². The van der Waals surface area contributed by atoms with Gasteiger partial charge in [0.15, 0.2) is 11.7 Å². The van der Waals surface area contributed by atoms with Gasteiger partial charge in [-0.1, -0.05) is 36.8 Å². The molecule has 0 bridgehead atoms. The molecule has 0 saturated heterocycles. The van der Waals surface area contributed by atoms with Gasteiger partial charge in [-0.3, -0.25) is 9.59 Å². The molecule has 112 valence electrons. The van der Waals surface area contributed by atoms with Crippen molar-refractivity contribution in [3.8, 4) is 6.07 Å². The molecule has 1 amide bonds. The highest BCUT2D eigenvalue weighted by Gasteiger charge is 2.25. The quantitative estimate of drug-likeness (QED) is 0.747. The van der Waals surface area contributed by atoms with Crippen LogP contribution < -0.4 is 5.32 Å². The highest BCUT2D eigenvalue weighted by molar-refractivity contribution is 6.03. The van der Waals surface area contributed by atoms with Gasteiger partial charge in [-0.2, -0.15) is 5.26 Å². The number of ketones is 1. The molecule has 1 unspecified atom stereocenters. The monoisotopic (exact) mass is 286 g/mol. The smallest absolute Gasteiger partial charge is 0.244 e. The van der Waals surface area contributed by atoms with Crippen LogP contribution in [0, 0.1) is 24.2 Å². The number of carbonyl (C=O) groups excluding carboxylic acids is 2. The Bertz CT molecular complexity index is 515. The van der Waals surface area contributed by atoms with Gasteiger partial charge >= 0.3 is 0 Å². The van der Waals surface area contributed by atoms with Crippen LogP contribution in [0.1, 0.15) is 37.3 Å². The first-order valence-electron chi connectivity index (χ1n) is 7.34. The maximum Gasteiger partial charge on any atom is 0.244 e. The summed E-state index contributed by atoms with van der Waals surface area (Å²) in [6.45, 7) is 4.44. The minimum atomic E-state index is -1.17. The van der Waals surface area contributed by atoms with Gasteiger partial charge in [0.2, 0.25) is 5.91 Å². The lowest BCUT2D eigenvalue weighted by molar-refractivity contribution is -0.131. The van der Waals surface area contributed by atoms with Crippen LogP contribution in [0.25, 0.3) is 0 Å². The summed E-state index contributed by atoms with van der Waals surface area (Å²) < 4.78 is 0. The largest absolute Gasteiger partial charge is 0.355 e. The Morgan fingerprint density at radius 2 is 1.95 bits per heavy atom. The lowest BCUT2D eigenvalue weighted by atomic mass is 9.98. The Morgan fingerprint density at radius 3 is 2.52 bits per heavy atom. The summed E-state index contributed by atoms with van der Waals surface area (Å²) in [6, 6.07) is 9.95. The van der Waals surface area contributed by atoms with Crippen molar-refractivity contribution in [2.24, 2.45) is 5.92 Å². The van der Waals surface area contributed by atoms with Crippen LogP contribution in [0.5, 0.6) is 0 Å². The SMILES string of the molecule is CCCNC(=O)C(C#N)C(=O)CCCc1ccc(C)cc1. The molecule has 21 heavy (non-hydrogen) atoms. The summed E-state index contributed by atoms with van der Waals surface area (Å²) in [7, 11) is 0. The lowest BCUT2D eigenvalue weighted by Gasteiger charge is -2.08. The fourth-order valence-electron chi connectivity index (χ4n) is 1.99. The zero-order valence-electron chi connectivity index (χ0n) is 12.7. The summed E-state index contributed by atoms with van der Waals surface area (Å²) >= 11 is 0. The van der Waals surface area contributed by atoms with Crippen molar-refractivity contribution in [2.45, 2.75) is 39.5 Å². The summed E-state index contributed by atoms with van der Waals surface area (Å²) in [5.74, 6) is -1.94. The molecule has 0 spiro atoms. The van der Waals surface area contributed by atoms with E-state index < -0.39 is 11.8 Å². The highest BCUT2D eigenvalue weighted by atomic mass is 16.2. The second-order valence-electron chi connectivity index (χ2n) is 5.16. The summed E-state index contributed by atoms with van der Waals surface area (Å²) in [5.41, 5.74) is 2.37. The molecule has 1 rings (SSSR count). The third-order valence-corrected chi connectivity index (χ3v) is 3.27. The van der Waals surface area contributed by atoms with Gasteiger partial charge in [-0.15, -0.1) is 0 Å². The van der Waals surface area contributed by atoms with Gasteiger partial charge in [0.1, 0.15) is 0 Å². The van der Waals surface area contributed by atoms with Crippen molar-refractivity contribution in [3.63, 3.8) is 0 Å². The number of nitrogens with zero attached hydrogens (tertiary/aromatic N) is 1. The van der Waals surface area contributed by atoms with Crippen LogP contribution in [0.15, 0.2) is 24.3 Å². The summed E-state index contributed by atoms with van der Waals surface area (Å²) in [4.78, 5) is 23.6. The third-order valence-electron chi connectivity index (χ3n) is 3.27. The number of benzene rings is 1. The first-order chi connectivity index (χ1) is 10.1. The molecule has 0 radical (unpaired) electrons. The predicted octanol–water partition coefficient (Wildman–Crippen LogP) is 2.55. The van der Waals surface area contributed by atoms with Crippen molar-refractivity contribution in [1.82, 2.24) is 5.32 Å². The zero-order valence-corrected chi connectivity index (χ0v) is 12.7. The van der Waals surface area contributed by atoms with E-state index in [1.165, 1.54) is 5.56 Å². The zero-order chi connectivity index (χ0) is 15.7. The molecule has 4 heteroatoms. The molecule has 0 aromatic heterocycles. The van der Waals surface area contributed by atoms with E-state index in [1.807, 2.05) is 38.1 Å². The average Bonchev–Trinajstić information content (AvgIpc) is 2.48. The lowest BCUT2D eigenvalue weighted by Crippen LogP contribution is -2.35. The number of carbonyl (C=O) groups is 2. The Hall–Kier alpha value is -2.15. The molecule has 0 saturated carbocycles. The molecule has 1 atom stereocenters. The van der Waals surface area contributed by atoms with Crippen LogP contribution >= 0.6 is 0 Å². The van der Waals surface area contributed by atoms with Gasteiger partial charge in [0.25, 0.3) is 0 Å². The van der Waals surface area contributed by atoms with Gasteiger partial charge in [0, 0.05) is 13.0 Å². The van der Waals surface area contributed by atoms with E-state index in [1.54, 1.807) is 6.07 Å². The number of nitrogens with one attached hydrogen (secondary N) is 1. The molecule has 0 heterocycles. The topological polar surface area (TPSA) is 70.0 Å². The minimum absolute atomic E-state index is 0.256. The molecule has 0 fully saturated rings. The average molecular weight is 286 g/mol. The number of Topliss-reactive ketones (excluding diaryl/α,β-unsaturated/α-hetero) is 1. The second kappa shape index (κ2) is 8.91. The van der Waals surface area contributed by atoms with Crippen LogP contribution in [-0.4, -0.2) is 18.2 Å². The highest BCUT2D eigenvalue weighted by Crippen LogP contribution is 2.10. The van der Waals surface area contributed by atoms with Crippen molar-refractivity contribution >= 4 is 11.7 Å². The summed E-state index contributed by atoms with van der Waals surface area (Å²) in [6.07, 6.45) is 2.47. The fraction of sp³-hybridized carbons (Fsp3) is 0.471. The van der Waals surface area contributed by atoms with E-state index in [-0.39, 0.29) is 12.2 Å². The Balaban J connectivity index is 2.42. The van der Waals surface area contributed by atoms with E-state index in [9.17, 15) is 9.59 Å². The van der Waals surface area contributed by atoms with Crippen molar-refractivity contribution in [2.75, 3.05) is 6.54 Å². The van der Waals surface area contributed by atoms with Gasteiger partial charge in [-0.05, 0) is 31.7 Å². The number of hydrogen-bond donors (Lipinski definition) is 1. The van der Waals surface area contributed by atoms with Gasteiger partial charge in [0.05, 0.1) is 6.07 Å². The Kier molecular flexibility index (Phi) is 7.17. The standard InChI is InChI=1S/C17H22N2O2/c1-3-11-19-17(21)15(12-18)16(20)6-4-5-14-9-7-13(2)8-10-14/h7-10,15H,3-6,11H2,1-2H3,(H,19,21). The van der Waals surface area contributed by atoms with E-state index in [0.29, 0.717) is 13.0 Å². The number of amides is 1. The van der Waals surface area contributed by atoms with Gasteiger partial charge in [-0.25, -0.2) is 0 Å². The number of rotatable bonds is 8. The molecule has 0 aliphatic heterocycles. The van der Waals surface area contributed by atoms with Crippen LogP contribution in [0.4, 0.5) is 0 Å². The van der Waals surface area contributed by atoms with Crippen molar-refractivity contribution in [1.29, 1.82) is 5.26 Å². The number of aryl methyl sites for hydroxylation is 2. The molecule has 0 aliphatic rings. The molecule has 1 aromatic rings. The second-order valence-corrected chi connectivity index (χ2v) is 5.16. The molecular weight excluding hydrogens is 264 g/mol. The van der Waals surface area contributed by atoms with Crippen LogP contribution in [0.2, 0.25) is 0 Å². The predicted molar refractivity (Wildman–Crippen MR) is 81.5 cm³/mol. The van der Waals surface area contributed by atoms with Crippen LogP contribution in [-0.2, 0) is 16.0 Å². The molecule has 1 N–H and O–H groups in total. The Morgan fingerprint density at radius 1 is 1.29 bits per heavy atom.